The first-order chi connectivity index (χ1) is 10.9. The predicted molar refractivity (Wildman–Crippen MR) is 87.7 cm³/mol. The van der Waals surface area contributed by atoms with Crippen molar-refractivity contribution in [1.29, 1.82) is 0 Å². The minimum atomic E-state index is -0.727. The van der Waals surface area contributed by atoms with Gasteiger partial charge in [-0.3, -0.25) is 4.79 Å². The van der Waals surface area contributed by atoms with E-state index >= 15 is 0 Å². The first-order valence-corrected chi connectivity index (χ1v) is 6.26. The molecule has 0 spiro atoms. The van der Waals surface area contributed by atoms with Crippen LogP contribution in [0.2, 0.25) is 0 Å². The number of pyridine rings is 1. The van der Waals surface area contributed by atoms with Crippen molar-refractivity contribution >= 4 is 69.3 Å². The number of primary amides is 1. The fourth-order valence-corrected chi connectivity index (χ4v) is 2.07. The van der Waals surface area contributed by atoms with Gasteiger partial charge >= 0.3 is 0 Å². The van der Waals surface area contributed by atoms with Gasteiger partial charge in [0.1, 0.15) is 32.9 Å². The van der Waals surface area contributed by atoms with Gasteiger partial charge in [-0.15, -0.1) is 0 Å². The molecule has 0 aromatic carbocycles. The molecule has 0 bridgehead atoms. The molecule has 0 saturated heterocycles. The Morgan fingerprint density at radius 1 is 1.26 bits per heavy atom. The van der Waals surface area contributed by atoms with Crippen molar-refractivity contribution in [3.05, 3.63) is 17.8 Å². The summed E-state index contributed by atoms with van der Waals surface area (Å²) in [4.78, 5) is 23.2. The number of carbonyl (C=O) groups excluding carboxylic acids is 1. The Morgan fingerprint density at radius 2 is 2.00 bits per heavy atom. The lowest BCUT2D eigenvalue weighted by Gasteiger charge is -2.10. The normalized spacial score (nSPS) is 10.8. The van der Waals surface area contributed by atoms with Gasteiger partial charge in [0.05, 0.1) is 5.52 Å². The largest absolute Gasteiger partial charge is 0.368 e. The van der Waals surface area contributed by atoms with Crippen molar-refractivity contribution in [2.75, 3.05) is 11.1 Å². The van der Waals surface area contributed by atoms with E-state index in [0.29, 0.717) is 10.9 Å². The van der Waals surface area contributed by atoms with Crippen LogP contribution in [-0.4, -0.2) is 54.2 Å². The van der Waals surface area contributed by atoms with Crippen LogP contribution in [0.3, 0.4) is 0 Å². The van der Waals surface area contributed by atoms with E-state index in [9.17, 15) is 4.79 Å². The van der Waals surface area contributed by atoms with Gasteiger partial charge in [0.15, 0.2) is 0 Å². The van der Waals surface area contributed by atoms with Crippen LogP contribution in [-0.2, 0) is 0 Å². The SMILES string of the molecule is [B]c1nc(Nc2nc(N)ncc2C(N)=O)cc2c1c([B])nn2[B]. The molecule has 6 radical (unpaired) electrons. The van der Waals surface area contributed by atoms with Crippen LogP contribution >= 0.6 is 0 Å². The number of fused-ring (bicyclic) bond motifs is 1. The maximum atomic E-state index is 11.4. The smallest absolute Gasteiger partial charge is 0.265 e. The Morgan fingerprint density at radius 3 is 2.70 bits per heavy atom. The fourth-order valence-electron chi connectivity index (χ4n) is 2.07. The van der Waals surface area contributed by atoms with Crippen LogP contribution in [0.15, 0.2) is 12.3 Å². The third-order valence-corrected chi connectivity index (χ3v) is 3.06. The summed E-state index contributed by atoms with van der Waals surface area (Å²) in [5.41, 5.74) is 11.5. The second-order valence-electron chi connectivity index (χ2n) is 4.60. The van der Waals surface area contributed by atoms with E-state index in [1.54, 1.807) is 0 Å². The first kappa shape index (κ1) is 14.9. The standard InChI is InChI=1S/C11H7B3N8O/c12-7-6-4(22(14)21-8(6)13)1-5(18-7)19-10-3(9(15)23)2-17-11(16)20-10/h1-2H,(H2,15,23)(H3,16,17,18,19,20). The third kappa shape index (κ3) is 2.58. The molecule has 12 heteroatoms. The zero-order chi connectivity index (χ0) is 16.7. The lowest BCUT2D eigenvalue weighted by Crippen LogP contribution is -2.19. The number of nitrogens with zero attached hydrogens (tertiary/aromatic N) is 5. The number of rotatable bonds is 3. The quantitative estimate of drug-likeness (QED) is 0.443. The van der Waals surface area contributed by atoms with Crippen LogP contribution in [0, 0.1) is 0 Å². The number of anilines is 3. The van der Waals surface area contributed by atoms with Crippen LogP contribution in [0.5, 0.6) is 0 Å². The van der Waals surface area contributed by atoms with Crippen molar-refractivity contribution in [1.82, 2.24) is 24.6 Å². The molecule has 0 aliphatic heterocycles. The highest BCUT2D eigenvalue weighted by Gasteiger charge is 2.14. The average Bonchev–Trinajstić information content (AvgIpc) is 2.73. The lowest BCUT2D eigenvalue weighted by atomic mass is 9.91. The molecule has 0 fully saturated rings. The number of nitrogens with one attached hydrogen (secondary N) is 1. The third-order valence-electron chi connectivity index (χ3n) is 3.06. The molecular formula is C11H7B3N8O. The molecule has 3 aromatic heterocycles. The van der Waals surface area contributed by atoms with Crippen molar-refractivity contribution in [3.8, 4) is 0 Å². The molecule has 0 unspecified atom stereocenters. The van der Waals surface area contributed by atoms with E-state index < -0.39 is 5.91 Å². The monoisotopic (exact) mass is 300 g/mol. The summed E-state index contributed by atoms with van der Waals surface area (Å²) in [5, 5.41) is 7.09. The average molecular weight is 300 g/mol. The highest BCUT2D eigenvalue weighted by atomic mass is 16.1. The van der Waals surface area contributed by atoms with E-state index in [1.807, 2.05) is 0 Å². The highest BCUT2D eigenvalue weighted by molar-refractivity contribution is 6.46. The zero-order valence-electron chi connectivity index (χ0n) is 11.7. The second-order valence-corrected chi connectivity index (χ2v) is 4.60. The predicted octanol–water partition coefficient (Wildman–Crippen LogP) is -2.83. The van der Waals surface area contributed by atoms with E-state index in [-0.39, 0.29) is 34.3 Å². The molecule has 1 amide bonds. The Balaban J connectivity index is 2.11. The Kier molecular flexibility index (Phi) is 3.43. The highest BCUT2D eigenvalue weighted by Crippen LogP contribution is 2.19. The van der Waals surface area contributed by atoms with E-state index in [2.05, 4.69) is 25.4 Å². The topological polar surface area (TPSA) is 138 Å². The van der Waals surface area contributed by atoms with E-state index in [0.717, 1.165) is 4.59 Å². The summed E-state index contributed by atoms with van der Waals surface area (Å²) in [5.74, 6) is -0.427. The van der Waals surface area contributed by atoms with Gasteiger partial charge in [-0.05, 0) is 0 Å². The van der Waals surface area contributed by atoms with Gasteiger partial charge in [-0.1, -0.05) is 0 Å². The maximum Gasteiger partial charge on any atom is 0.265 e. The maximum absolute atomic E-state index is 11.4. The summed E-state index contributed by atoms with van der Waals surface area (Å²) in [6.07, 6.45) is 1.21. The lowest BCUT2D eigenvalue weighted by molar-refractivity contribution is 0.100. The molecule has 3 aromatic rings. The van der Waals surface area contributed by atoms with Crippen molar-refractivity contribution in [2.45, 2.75) is 0 Å². The molecule has 3 heterocycles. The number of nitrogen functional groups attached to an aromatic ring is 1. The number of carbonyl (C=O) groups is 1. The molecule has 9 nitrogen and oxygen atoms in total. The molecule has 23 heavy (non-hydrogen) atoms. The molecule has 5 N–H and O–H groups in total. The van der Waals surface area contributed by atoms with Crippen LogP contribution in [0.1, 0.15) is 10.4 Å². The van der Waals surface area contributed by atoms with Crippen molar-refractivity contribution in [3.63, 3.8) is 0 Å². The zero-order valence-corrected chi connectivity index (χ0v) is 11.7. The van der Waals surface area contributed by atoms with Crippen molar-refractivity contribution in [2.24, 2.45) is 5.73 Å². The molecule has 106 valence electrons. The van der Waals surface area contributed by atoms with Gasteiger partial charge in [0.25, 0.3) is 13.9 Å². The van der Waals surface area contributed by atoms with E-state index in [1.165, 1.54) is 12.3 Å². The van der Waals surface area contributed by atoms with Gasteiger partial charge in [-0.25, -0.2) is 15.1 Å². The molecule has 0 saturated carbocycles. The van der Waals surface area contributed by atoms with Crippen molar-refractivity contribution < 1.29 is 4.79 Å². The second kappa shape index (κ2) is 5.31. The van der Waals surface area contributed by atoms with Gasteiger partial charge in [-0.2, -0.15) is 4.98 Å². The van der Waals surface area contributed by atoms with Crippen LogP contribution < -0.4 is 28.0 Å². The Labute approximate surface area is 134 Å². The summed E-state index contributed by atoms with van der Waals surface area (Å²) in [7, 11) is 17.3. The number of amides is 1. The minimum absolute atomic E-state index is 0.0420. The van der Waals surface area contributed by atoms with Gasteiger partial charge in [0, 0.05) is 28.8 Å². The van der Waals surface area contributed by atoms with Gasteiger partial charge < -0.3 is 21.4 Å². The fraction of sp³-hybridized carbons (Fsp3) is 0. The summed E-state index contributed by atoms with van der Waals surface area (Å²) < 4.78 is 1.07. The summed E-state index contributed by atoms with van der Waals surface area (Å²) in [6.45, 7) is 0. The van der Waals surface area contributed by atoms with E-state index in [4.69, 9.17) is 35.1 Å². The molecule has 0 atom stereocenters. The number of hydrogen-bond acceptors (Lipinski definition) is 7. The summed E-state index contributed by atoms with van der Waals surface area (Å²) in [6, 6.07) is 1.54. The van der Waals surface area contributed by atoms with Crippen LogP contribution in [0.4, 0.5) is 17.6 Å². The number of hydrogen-bond donors (Lipinski definition) is 3. The summed E-state index contributed by atoms with van der Waals surface area (Å²) >= 11 is 0. The molecule has 3 rings (SSSR count). The first-order valence-electron chi connectivity index (χ1n) is 6.26. The van der Waals surface area contributed by atoms with Gasteiger partial charge in [0.2, 0.25) is 5.95 Å². The molecular weight excluding hydrogens is 293 g/mol. The minimum Gasteiger partial charge on any atom is -0.368 e. The Hall–Kier alpha value is -3.04. The molecule has 0 aliphatic rings. The number of aromatic nitrogens is 5. The number of nitrogens with two attached hydrogens (primary N) is 2. The molecule has 0 aliphatic carbocycles. The Bertz CT molecular complexity index is 941. The van der Waals surface area contributed by atoms with Crippen LogP contribution in [0.25, 0.3) is 10.9 Å².